The number of nitrogens with one attached hydrogen (secondary N) is 1. The highest BCUT2D eigenvalue weighted by Gasteiger charge is 2.24. The first-order chi connectivity index (χ1) is 15.8. The summed E-state index contributed by atoms with van der Waals surface area (Å²) in [5.74, 6) is -0.333. The molecule has 0 bridgehead atoms. The Bertz CT molecular complexity index is 1260. The lowest BCUT2D eigenvalue weighted by Gasteiger charge is -2.24. The fourth-order valence-electron chi connectivity index (χ4n) is 3.10. The van der Waals surface area contributed by atoms with E-state index in [0.717, 1.165) is 4.90 Å². The highest BCUT2D eigenvalue weighted by Crippen LogP contribution is 2.32. The number of aromatic nitrogens is 3. The highest BCUT2D eigenvalue weighted by molar-refractivity contribution is 9.10. The molecular formula is C21H18BrClN6O4. The maximum absolute atomic E-state index is 13.3. The van der Waals surface area contributed by atoms with Gasteiger partial charge >= 0.3 is 6.09 Å². The molecule has 0 spiro atoms. The Balaban J connectivity index is 2.08. The van der Waals surface area contributed by atoms with E-state index in [9.17, 15) is 20.0 Å². The van der Waals surface area contributed by atoms with Crippen LogP contribution < -0.4 is 10.2 Å². The molecule has 0 aliphatic carbocycles. The second-order valence-corrected chi connectivity index (χ2v) is 7.97. The number of amides is 2. The van der Waals surface area contributed by atoms with Gasteiger partial charge in [-0.25, -0.2) is 14.5 Å². The van der Waals surface area contributed by atoms with Crippen molar-refractivity contribution < 1.29 is 19.4 Å². The van der Waals surface area contributed by atoms with E-state index in [0.29, 0.717) is 10.2 Å². The number of hydrogen-bond donors (Lipinski definition) is 2. The molecule has 0 fully saturated rings. The molecule has 2 aromatic heterocycles. The Morgan fingerprint density at radius 1 is 1.39 bits per heavy atom. The summed E-state index contributed by atoms with van der Waals surface area (Å²) in [5.41, 5.74) is 1.23. The Hall–Kier alpha value is -3.46. The van der Waals surface area contributed by atoms with Crippen molar-refractivity contribution in [2.45, 2.75) is 6.92 Å². The van der Waals surface area contributed by atoms with Gasteiger partial charge in [-0.05, 0) is 52.7 Å². The lowest BCUT2D eigenvalue weighted by molar-refractivity contribution is 0.101. The van der Waals surface area contributed by atoms with Crippen molar-refractivity contribution in [2.24, 2.45) is 0 Å². The van der Waals surface area contributed by atoms with Gasteiger partial charge in [0, 0.05) is 19.4 Å². The number of nitriles is 1. The number of carboxylic acid groups (broad SMARTS) is 1. The first kappa shape index (κ1) is 24.2. The Kier molecular flexibility index (Phi) is 7.65. The minimum Gasteiger partial charge on any atom is -0.465 e. The molecule has 2 N–H and O–H groups in total. The molecule has 0 atom stereocenters. The number of aryl methyl sites for hydroxylation is 1. The van der Waals surface area contributed by atoms with Crippen LogP contribution in [-0.2, 0) is 4.74 Å². The van der Waals surface area contributed by atoms with Crippen molar-refractivity contribution in [3.63, 3.8) is 0 Å². The third kappa shape index (κ3) is 5.31. The summed E-state index contributed by atoms with van der Waals surface area (Å²) in [6, 6.07) is 9.71. The fourth-order valence-corrected chi connectivity index (χ4v) is 3.67. The van der Waals surface area contributed by atoms with E-state index in [1.165, 1.54) is 30.1 Å². The number of rotatable bonds is 7. The summed E-state index contributed by atoms with van der Waals surface area (Å²) < 4.78 is 6.66. The van der Waals surface area contributed by atoms with Gasteiger partial charge in [-0.3, -0.25) is 9.69 Å². The Labute approximate surface area is 202 Å². The summed E-state index contributed by atoms with van der Waals surface area (Å²) in [4.78, 5) is 30.4. The number of methoxy groups -OCH3 is 1. The van der Waals surface area contributed by atoms with E-state index in [1.807, 2.05) is 6.07 Å². The van der Waals surface area contributed by atoms with Gasteiger partial charge in [-0.1, -0.05) is 11.6 Å². The molecule has 10 nitrogen and oxygen atoms in total. The summed E-state index contributed by atoms with van der Waals surface area (Å²) in [7, 11) is 1.45. The van der Waals surface area contributed by atoms with Crippen LogP contribution in [0.1, 0.15) is 21.6 Å². The molecule has 12 heteroatoms. The number of pyridine rings is 1. The number of hydrogen-bond acceptors (Lipinski definition) is 6. The maximum Gasteiger partial charge on any atom is 0.411 e. The monoisotopic (exact) mass is 532 g/mol. The summed E-state index contributed by atoms with van der Waals surface area (Å²) in [5, 5.41) is 26.4. The van der Waals surface area contributed by atoms with Crippen LogP contribution in [0, 0.1) is 18.3 Å². The molecule has 170 valence electrons. The second-order valence-electron chi connectivity index (χ2n) is 6.75. The molecule has 0 aliphatic heterocycles. The van der Waals surface area contributed by atoms with Crippen molar-refractivity contribution in [2.75, 3.05) is 30.5 Å². The number of halogens is 2. The minimum absolute atomic E-state index is 0.00392. The van der Waals surface area contributed by atoms with Crippen LogP contribution in [0.5, 0.6) is 0 Å². The largest absolute Gasteiger partial charge is 0.465 e. The van der Waals surface area contributed by atoms with Gasteiger partial charge in [0.2, 0.25) is 0 Å². The third-order valence-electron chi connectivity index (χ3n) is 4.57. The number of nitrogens with zero attached hydrogens (tertiary/aromatic N) is 5. The second kappa shape index (κ2) is 10.4. The van der Waals surface area contributed by atoms with Crippen LogP contribution in [0.3, 0.4) is 0 Å². The first-order valence-electron chi connectivity index (χ1n) is 9.48. The average molecular weight is 534 g/mol. The Morgan fingerprint density at radius 3 is 2.79 bits per heavy atom. The number of carbonyl (C=O) groups is 2. The number of anilines is 2. The minimum atomic E-state index is -1.26. The SMILES string of the molecule is COCCN(C(=O)O)c1cc(C#N)cc(C)c1NC(=O)c1cc(Br)nn1-c1ncccc1Cl. The van der Waals surface area contributed by atoms with Gasteiger partial charge in [0.15, 0.2) is 5.82 Å². The van der Waals surface area contributed by atoms with Crippen LogP contribution in [0.4, 0.5) is 16.2 Å². The molecule has 2 amide bonds. The molecule has 3 rings (SSSR count). The van der Waals surface area contributed by atoms with Crippen molar-refractivity contribution in [3.05, 3.63) is 63.0 Å². The van der Waals surface area contributed by atoms with Crippen LogP contribution in [-0.4, -0.2) is 52.1 Å². The van der Waals surface area contributed by atoms with Crippen LogP contribution in [0.15, 0.2) is 41.1 Å². The van der Waals surface area contributed by atoms with Gasteiger partial charge in [0.25, 0.3) is 5.91 Å². The number of benzene rings is 1. The van der Waals surface area contributed by atoms with Crippen molar-refractivity contribution >= 4 is 50.9 Å². The smallest absolute Gasteiger partial charge is 0.411 e. The standard InChI is InChI=1S/C21H18BrClN6O4/c1-12-8-13(11-24)9-15(28(21(31)32)6-7-33-2)18(12)26-20(30)16-10-17(22)27-29(16)19-14(23)4-3-5-25-19/h3-5,8-10H,6-7H2,1-2H3,(H,26,30)(H,31,32). The van der Waals surface area contributed by atoms with Gasteiger partial charge in [0.05, 0.1) is 41.2 Å². The maximum atomic E-state index is 13.3. The Morgan fingerprint density at radius 2 is 2.15 bits per heavy atom. The normalized spacial score (nSPS) is 10.5. The zero-order chi connectivity index (χ0) is 24.1. The molecule has 2 heterocycles. The predicted molar refractivity (Wildman–Crippen MR) is 125 cm³/mol. The van der Waals surface area contributed by atoms with Gasteiger partial charge < -0.3 is 15.2 Å². The zero-order valence-electron chi connectivity index (χ0n) is 17.5. The topological polar surface area (TPSA) is 133 Å². The van der Waals surface area contributed by atoms with Crippen LogP contribution in [0.25, 0.3) is 5.82 Å². The van der Waals surface area contributed by atoms with Gasteiger partial charge in [-0.15, -0.1) is 0 Å². The third-order valence-corrected chi connectivity index (χ3v) is 5.26. The molecule has 0 aliphatic rings. The molecule has 0 saturated carbocycles. The number of carbonyl (C=O) groups excluding carboxylic acids is 1. The average Bonchev–Trinajstić information content (AvgIpc) is 3.17. The molecule has 3 aromatic rings. The zero-order valence-corrected chi connectivity index (χ0v) is 19.9. The summed E-state index contributed by atoms with van der Waals surface area (Å²) in [6.45, 7) is 1.78. The van der Waals surface area contributed by atoms with E-state index in [2.05, 4.69) is 31.3 Å². The fraction of sp³-hybridized carbons (Fsp3) is 0.190. The quantitative estimate of drug-likeness (QED) is 0.464. The van der Waals surface area contributed by atoms with E-state index < -0.39 is 12.0 Å². The lowest BCUT2D eigenvalue weighted by atomic mass is 10.1. The van der Waals surface area contributed by atoms with Gasteiger partial charge in [-0.2, -0.15) is 10.4 Å². The van der Waals surface area contributed by atoms with Crippen molar-refractivity contribution in [1.82, 2.24) is 14.8 Å². The summed E-state index contributed by atoms with van der Waals surface area (Å²) in [6.07, 6.45) is 0.257. The molecule has 0 unspecified atom stereocenters. The molecule has 1 aromatic carbocycles. The van der Waals surface area contributed by atoms with Crippen molar-refractivity contribution in [1.29, 1.82) is 5.26 Å². The molecule has 0 radical (unpaired) electrons. The highest BCUT2D eigenvalue weighted by atomic mass is 79.9. The molecule has 0 saturated heterocycles. The van der Waals surface area contributed by atoms with Crippen LogP contribution >= 0.6 is 27.5 Å². The lowest BCUT2D eigenvalue weighted by Crippen LogP contribution is -2.33. The van der Waals surface area contributed by atoms with Crippen molar-refractivity contribution in [3.8, 4) is 11.9 Å². The number of ether oxygens (including phenoxy) is 1. The summed E-state index contributed by atoms with van der Waals surface area (Å²) >= 11 is 9.49. The predicted octanol–water partition coefficient (Wildman–Crippen LogP) is 4.25. The van der Waals surface area contributed by atoms with E-state index in [4.69, 9.17) is 16.3 Å². The molecule has 33 heavy (non-hydrogen) atoms. The van der Waals surface area contributed by atoms with E-state index in [1.54, 1.807) is 25.1 Å². The van der Waals surface area contributed by atoms with E-state index >= 15 is 0 Å². The van der Waals surface area contributed by atoms with E-state index in [-0.39, 0.29) is 46.6 Å². The van der Waals surface area contributed by atoms with Crippen LogP contribution in [0.2, 0.25) is 5.02 Å². The first-order valence-corrected chi connectivity index (χ1v) is 10.7. The molecular weight excluding hydrogens is 516 g/mol. The van der Waals surface area contributed by atoms with Gasteiger partial charge in [0.1, 0.15) is 10.3 Å².